The van der Waals surface area contributed by atoms with Crippen LogP contribution in [0.3, 0.4) is 0 Å². The fourth-order valence-electron chi connectivity index (χ4n) is 4.86. The number of nitrogens with one attached hydrogen (secondary N) is 2. The van der Waals surface area contributed by atoms with Crippen molar-refractivity contribution in [1.29, 1.82) is 0 Å². The first kappa shape index (κ1) is 35.3. The second-order valence-electron chi connectivity index (χ2n) is 10.9. The molecule has 0 spiro atoms. The summed E-state index contributed by atoms with van der Waals surface area (Å²) < 4.78 is 32.5. The highest BCUT2D eigenvalue weighted by atomic mass is 32.2. The van der Waals surface area contributed by atoms with E-state index in [0.29, 0.717) is 42.8 Å². The minimum absolute atomic E-state index is 0.186. The predicted octanol–water partition coefficient (Wildman–Crippen LogP) is 3.08. The largest absolute Gasteiger partial charge is 0.484 e. The Labute approximate surface area is 274 Å². The number of amides is 3. The summed E-state index contributed by atoms with van der Waals surface area (Å²) in [7, 11) is 0. The molecule has 3 unspecified atom stereocenters. The van der Waals surface area contributed by atoms with Gasteiger partial charge in [-0.3, -0.25) is 19.2 Å². The van der Waals surface area contributed by atoms with E-state index in [1.165, 1.54) is 60.3 Å². The number of unbranched alkanes of at least 4 members (excludes halogenated alkanes) is 1. The predicted molar refractivity (Wildman–Crippen MR) is 172 cm³/mol. The molecular weight excluding hydrogens is 634 g/mol. The van der Waals surface area contributed by atoms with Crippen LogP contribution in [0.4, 0.5) is 14.5 Å². The number of hydrogen-bond acceptors (Lipinski definition) is 8. The van der Waals surface area contributed by atoms with Gasteiger partial charge in [-0.05, 0) is 78.9 Å². The van der Waals surface area contributed by atoms with Crippen molar-refractivity contribution in [2.45, 2.75) is 42.7 Å². The van der Waals surface area contributed by atoms with E-state index in [4.69, 9.17) is 15.6 Å². The molecule has 14 heteroatoms. The number of aliphatic carboxylic acids is 1. The van der Waals surface area contributed by atoms with Gasteiger partial charge < -0.3 is 36.2 Å². The molecule has 1 aliphatic heterocycles. The van der Waals surface area contributed by atoms with Crippen molar-refractivity contribution in [2.75, 3.05) is 30.3 Å². The summed E-state index contributed by atoms with van der Waals surface area (Å²) in [6.07, 6.45) is 0.465. The Morgan fingerprint density at radius 1 is 0.915 bits per heavy atom. The molecule has 0 aliphatic carbocycles. The molecule has 0 aromatic heterocycles. The smallest absolute Gasteiger partial charge is 0.320 e. The van der Waals surface area contributed by atoms with Crippen LogP contribution in [0, 0.1) is 11.6 Å². The zero-order valence-corrected chi connectivity index (χ0v) is 26.1. The minimum atomic E-state index is -1.07. The average Bonchev–Trinajstić information content (AvgIpc) is 3.06. The standard InChI is InChI=1S/C33H36F2N4O7S/c34-22-8-4-20(5-9-22)27(40)19-47-31-30(39(32(31)43)24-12-10-23(35)11-13-24)21-6-14-25(15-7-21)46-18-29(42)38-17-28(41)37-16-2-1-3-26(36)33(44)45/h4-15,26-27,30-31,40H,1-3,16-19,36H2,(H,37,41)(H,38,42)(H,44,45)/t26-,27?,30?,31?/m0/s1. The van der Waals surface area contributed by atoms with Crippen LogP contribution in [-0.2, 0) is 19.2 Å². The number of carboxylic acids is 1. The molecule has 0 radical (unpaired) electrons. The average molecular weight is 671 g/mol. The molecule has 11 nitrogen and oxygen atoms in total. The molecule has 6 N–H and O–H groups in total. The van der Waals surface area contributed by atoms with E-state index in [2.05, 4.69) is 10.6 Å². The third-order valence-corrected chi connectivity index (χ3v) is 8.78. The van der Waals surface area contributed by atoms with E-state index in [-0.39, 0.29) is 24.8 Å². The maximum Gasteiger partial charge on any atom is 0.320 e. The van der Waals surface area contributed by atoms with E-state index in [1.807, 2.05) is 0 Å². The molecule has 1 saturated heterocycles. The Balaban J connectivity index is 1.29. The fourth-order valence-corrected chi connectivity index (χ4v) is 6.16. The van der Waals surface area contributed by atoms with Crippen LogP contribution in [0.1, 0.15) is 42.5 Å². The topological polar surface area (TPSA) is 171 Å². The fraction of sp³-hybridized carbons (Fsp3) is 0.333. The Morgan fingerprint density at radius 2 is 1.55 bits per heavy atom. The van der Waals surface area contributed by atoms with Crippen LogP contribution in [0.2, 0.25) is 0 Å². The number of aliphatic hydroxyl groups excluding tert-OH is 1. The number of nitrogens with zero attached hydrogens (tertiary/aromatic N) is 1. The highest BCUT2D eigenvalue weighted by Crippen LogP contribution is 2.46. The van der Waals surface area contributed by atoms with Crippen molar-refractivity contribution in [3.8, 4) is 5.75 Å². The molecule has 1 aliphatic rings. The number of anilines is 1. The number of ether oxygens (including phenoxy) is 1. The summed E-state index contributed by atoms with van der Waals surface area (Å²) in [6.45, 7) is -0.272. The first-order valence-corrected chi connectivity index (χ1v) is 16.0. The maximum absolute atomic E-state index is 13.6. The monoisotopic (exact) mass is 670 g/mol. The summed E-state index contributed by atoms with van der Waals surface area (Å²) in [5.74, 6) is -2.48. The summed E-state index contributed by atoms with van der Waals surface area (Å²) in [5, 5.41) is 24.0. The van der Waals surface area contributed by atoms with Crippen molar-refractivity contribution >= 4 is 41.1 Å². The van der Waals surface area contributed by atoms with Crippen LogP contribution in [0.5, 0.6) is 5.75 Å². The van der Waals surface area contributed by atoms with E-state index in [0.717, 1.165) is 5.56 Å². The van der Waals surface area contributed by atoms with Gasteiger partial charge in [0.2, 0.25) is 11.8 Å². The second-order valence-corrected chi connectivity index (χ2v) is 12.1. The van der Waals surface area contributed by atoms with Gasteiger partial charge in [0.25, 0.3) is 5.91 Å². The zero-order chi connectivity index (χ0) is 33.9. The third kappa shape index (κ3) is 9.98. The van der Waals surface area contributed by atoms with Crippen LogP contribution >= 0.6 is 11.8 Å². The van der Waals surface area contributed by atoms with Gasteiger partial charge in [0, 0.05) is 18.0 Å². The molecule has 4 atom stereocenters. The Kier molecular flexibility index (Phi) is 12.7. The lowest BCUT2D eigenvalue weighted by atomic mass is 9.92. The molecule has 1 heterocycles. The number of β-lactam (4-membered cyclic amide) rings is 1. The molecule has 3 aromatic rings. The number of carboxylic acid groups (broad SMARTS) is 1. The van der Waals surface area contributed by atoms with Crippen molar-refractivity contribution in [2.24, 2.45) is 5.73 Å². The molecule has 4 rings (SSSR count). The lowest BCUT2D eigenvalue weighted by Gasteiger charge is -2.47. The number of carbonyl (C=O) groups is 4. The van der Waals surface area contributed by atoms with Crippen LogP contribution < -0.4 is 26.0 Å². The number of rotatable bonds is 17. The van der Waals surface area contributed by atoms with Crippen LogP contribution in [0.25, 0.3) is 0 Å². The lowest BCUT2D eigenvalue weighted by molar-refractivity contribution is -0.138. The first-order valence-electron chi connectivity index (χ1n) is 14.9. The number of aliphatic hydroxyl groups is 1. The zero-order valence-electron chi connectivity index (χ0n) is 25.3. The van der Waals surface area contributed by atoms with Gasteiger partial charge in [-0.25, -0.2) is 8.78 Å². The van der Waals surface area contributed by atoms with E-state index < -0.39 is 52.9 Å². The summed E-state index contributed by atoms with van der Waals surface area (Å²) in [6, 6.07) is 16.5. The molecule has 3 amide bonds. The van der Waals surface area contributed by atoms with E-state index in [9.17, 15) is 33.1 Å². The van der Waals surface area contributed by atoms with Crippen molar-refractivity contribution < 1.29 is 42.9 Å². The number of thioether (sulfide) groups is 1. The highest BCUT2D eigenvalue weighted by molar-refractivity contribution is 8.00. The minimum Gasteiger partial charge on any atom is -0.484 e. The summed E-state index contributed by atoms with van der Waals surface area (Å²) in [4.78, 5) is 49.7. The Bertz CT molecular complexity index is 1530. The van der Waals surface area contributed by atoms with E-state index in [1.54, 1.807) is 29.2 Å². The van der Waals surface area contributed by atoms with Gasteiger partial charge in [0.15, 0.2) is 6.61 Å². The lowest BCUT2D eigenvalue weighted by Crippen LogP contribution is -2.57. The van der Waals surface area contributed by atoms with Gasteiger partial charge >= 0.3 is 5.97 Å². The number of hydrogen-bond donors (Lipinski definition) is 5. The highest BCUT2D eigenvalue weighted by Gasteiger charge is 2.49. The molecular formula is C33H36F2N4O7S. The number of halogens is 2. The molecule has 1 fully saturated rings. The summed E-state index contributed by atoms with van der Waals surface area (Å²) in [5.41, 5.74) is 7.23. The van der Waals surface area contributed by atoms with Gasteiger partial charge in [-0.15, -0.1) is 11.8 Å². The van der Waals surface area contributed by atoms with Gasteiger partial charge in [0.05, 0.1) is 18.7 Å². The van der Waals surface area contributed by atoms with Gasteiger partial charge in [-0.1, -0.05) is 24.3 Å². The van der Waals surface area contributed by atoms with Crippen molar-refractivity contribution in [3.63, 3.8) is 0 Å². The van der Waals surface area contributed by atoms with Crippen molar-refractivity contribution in [3.05, 3.63) is 95.6 Å². The number of benzene rings is 3. The van der Waals surface area contributed by atoms with Gasteiger partial charge in [0.1, 0.15) is 28.7 Å². The molecule has 3 aromatic carbocycles. The molecule has 0 bridgehead atoms. The molecule has 250 valence electrons. The normalized spacial score (nSPS) is 16.9. The Hall–Kier alpha value is -4.53. The van der Waals surface area contributed by atoms with Crippen LogP contribution in [-0.4, -0.2) is 70.6 Å². The third-order valence-electron chi connectivity index (χ3n) is 7.46. The van der Waals surface area contributed by atoms with Crippen molar-refractivity contribution in [1.82, 2.24) is 10.6 Å². The maximum atomic E-state index is 13.6. The van der Waals surface area contributed by atoms with Gasteiger partial charge in [-0.2, -0.15) is 0 Å². The number of nitrogens with two attached hydrogens (primary N) is 1. The second kappa shape index (κ2) is 16.9. The summed E-state index contributed by atoms with van der Waals surface area (Å²) >= 11 is 1.27. The number of carbonyl (C=O) groups excluding carboxylic acids is 3. The Morgan fingerprint density at radius 3 is 2.19 bits per heavy atom. The van der Waals surface area contributed by atoms with Crippen LogP contribution in [0.15, 0.2) is 72.8 Å². The molecule has 0 saturated carbocycles. The molecule has 47 heavy (non-hydrogen) atoms. The van der Waals surface area contributed by atoms with E-state index >= 15 is 0 Å². The quantitative estimate of drug-likeness (QED) is 0.107. The SMILES string of the molecule is N[C@@H](CCCCNC(=O)CNC(=O)COc1ccc(C2C(SCC(O)c3ccc(F)cc3)C(=O)N2c2ccc(F)cc2)cc1)C(=O)O. The first-order chi connectivity index (χ1) is 22.5.